The molecule has 1 saturated carbocycles. The van der Waals surface area contributed by atoms with Crippen molar-refractivity contribution in [3.8, 4) is 22.1 Å². The van der Waals surface area contributed by atoms with Crippen molar-refractivity contribution in [1.82, 2.24) is 15.3 Å². The van der Waals surface area contributed by atoms with Gasteiger partial charge in [0.05, 0.1) is 27.2 Å². The monoisotopic (exact) mass is 505 g/mol. The molecule has 0 spiro atoms. The van der Waals surface area contributed by atoms with Crippen molar-refractivity contribution < 1.29 is 18.7 Å². The van der Waals surface area contributed by atoms with Gasteiger partial charge in [0.15, 0.2) is 11.6 Å². The Bertz CT molecular complexity index is 1350. The van der Waals surface area contributed by atoms with Crippen LogP contribution in [-0.2, 0) is 22.5 Å². The maximum absolute atomic E-state index is 14.8. The van der Waals surface area contributed by atoms with Crippen LogP contribution in [0.25, 0.3) is 20.8 Å². The third kappa shape index (κ3) is 5.71. The second-order valence-corrected chi connectivity index (χ2v) is 10.0. The summed E-state index contributed by atoms with van der Waals surface area (Å²) in [5, 5.41) is 3.37. The first-order valence-electron chi connectivity index (χ1n) is 12.3. The van der Waals surface area contributed by atoms with Crippen molar-refractivity contribution in [3.05, 3.63) is 71.8 Å². The van der Waals surface area contributed by atoms with E-state index in [0.29, 0.717) is 11.3 Å². The van der Waals surface area contributed by atoms with Crippen LogP contribution >= 0.6 is 11.3 Å². The summed E-state index contributed by atoms with van der Waals surface area (Å²) in [5.41, 5.74) is 3.30. The number of aromatic nitrogens is 2. The topological polar surface area (TPSA) is 73.3 Å². The Morgan fingerprint density at radius 2 is 1.97 bits per heavy atom. The van der Waals surface area contributed by atoms with Crippen molar-refractivity contribution in [3.63, 3.8) is 0 Å². The van der Waals surface area contributed by atoms with Crippen LogP contribution in [0.15, 0.2) is 54.9 Å². The summed E-state index contributed by atoms with van der Waals surface area (Å²) in [6.45, 7) is 3.91. The smallest absolute Gasteiger partial charge is 0.310 e. The molecule has 1 aromatic carbocycles. The number of ether oxygens (including phenoxy) is 2. The fraction of sp³-hybridized carbons (Fsp3) is 0.321. The van der Waals surface area contributed by atoms with E-state index in [1.165, 1.54) is 17.4 Å². The Morgan fingerprint density at radius 3 is 2.69 bits per heavy atom. The van der Waals surface area contributed by atoms with Gasteiger partial charge in [0, 0.05) is 25.0 Å². The van der Waals surface area contributed by atoms with Gasteiger partial charge in [0.2, 0.25) is 0 Å². The van der Waals surface area contributed by atoms with E-state index < -0.39 is 5.82 Å². The maximum atomic E-state index is 14.8. The first-order valence-corrected chi connectivity index (χ1v) is 13.1. The summed E-state index contributed by atoms with van der Waals surface area (Å²) < 4.78 is 27.0. The molecule has 0 atom stereocenters. The van der Waals surface area contributed by atoms with E-state index in [1.54, 1.807) is 24.4 Å². The number of nitrogens with one attached hydrogen (secondary N) is 1. The summed E-state index contributed by atoms with van der Waals surface area (Å²) in [5.74, 6) is -0.239. The predicted molar refractivity (Wildman–Crippen MR) is 139 cm³/mol. The van der Waals surface area contributed by atoms with Crippen LogP contribution in [0.5, 0.6) is 11.5 Å². The highest BCUT2D eigenvalue weighted by atomic mass is 32.1. The highest BCUT2D eigenvalue weighted by Gasteiger charge is 2.22. The van der Waals surface area contributed by atoms with Crippen molar-refractivity contribution in [1.29, 1.82) is 0 Å². The number of thiophene rings is 1. The molecule has 3 aromatic heterocycles. The molecule has 3 heterocycles. The van der Waals surface area contributed by atoms with Gasteiger partial charge in [-0.3, -0.25) is 14.8 Å². The SMILES string of the molecule is CCCNCc1ccc(-c2cc3nccc(Oc4ccc(CC(=O)OC5CCC5)cc4F)c3s2)nc1. The normalized spacial score (nSPS) is 13.5. The zero-order chi connectivity index (χ0) is 24.9. The molecule has 6 nitrogen and oxygen atoms in total. The van der Waals surface area contributed by atoms with Crippen LogP contribution in [0.1, 0.15) is 43.7 Å². The Hall–Kier alpha value is -3.36. The number of hydrogen-bond acceptors (Lipinski definition) is 7. The molecule has 36 heavy (non-hydrogen) atoms. The summed E-state index contributed by atoms with van der Waals surface area (Å²) in [4.78, 5) is 22.1. The van der Waals surface area contributed by atoms with Crippen molar-refractivity contribution in [2.24, 2.45) is 0 Å². The number of carbonyl (C=O) groups excluding carboxylic acids is 1. The quantitative estimate of drug-likeness (QED) is 0.198. The Kier molecular flexibility index (Phi) is 7.53. The number of hydrogen-bond donors (Lipinski definition) is 1. The fourth-order valence-corrected chi connectivity index (χ4v) is 4.99. The number of pyridine rings is 2. The van der Waals surface area contributed by atoms with E-state index in [4.69, 9.17) is 9.47 Å². The molecule has 8 heteroatoms. The molecule has 0 amide bonds. The van der Waals surface area contributed by atoms with Gasteiger partial charge in [-0.1, -0.05) is 19.1 Å². The summed E-state index contributed by atoms with van der Waals surface area (Å²) in [7, 11) is 0. The maximum Gasteiger partial charge on any atom is 0.310 e. The minimum absolute atomic E-state index is 0.0191. The Balaban J connectivity index is 1.30. The minimum Gasteiger partial charge on any atom is -0.462 e. The van der Waals surface area contributed by atoms with Crippen LogP contribution < -0.4 is 10.1 Å². The standard InChI is InChI=1S/C28H28FN3O3S/c1-2-11-30-16-19-6-8-22(32-17-19)26-15-23-28(36-26)25(10-12-31-23)35-24-9-7-18(13-21(24)29)14-27(33)34-20-4-3-5-20/h6-10,12-13,15,17,20,30H,2-5,11,14,16H2,1H3. The van der Waals surface area contributed by atoms with E-state index in [0.717, 1.165) is 65.1 Å². The predicted octanol–water partition coefficient (Wildman–Crippen LogP) is 6.43. The van der Waals surface area contributed by atoms with E-state index in [9.17, 15) is 9.18 Å². The lowest BCUT2D eigenvalue weighted by Crippen LogP contribution is -2.25. The van der Waals surface area contributed by atoms with Gasteiger partial charge < -0.3 is 14.8 Å². The van der Waals surface area contributed by atoms with E-state index in [2.05, 4.69) is 28.3 Å². The van der Waals surface area contributed by atoms with E-state index in [-0.39, 0.29) is 24.2 Å². The number of carbonyl (C=O) groups is 1. The highest BCUT2D eigenvalue weighted by molar-refractivity contribution is 7.22. The number of benzene rings is 1. The largest absolute Gasteiger partial charge is 0.462 e. The Morgan fingerprint density at radius 1 is 1.11 bits per heavy atom. The molecule has 1 N–H and O–H groups in total. The number of esters is 1. The first-order chi connectivity index (χ1) is 17.6. The second kappa shape index (κ2) is 11.1. The highest BCUT2D eigenvalue weighted by Crippen LogP contribution is 2.39. The molecule has 1 aliphatic carbocycles. The molecular formula is C28H28FN3O3S. The van der Waals surface area contributed by atoms with Gasteiger partial charge in [-0.2, -0.15) is 0 Å². The molecule has 1 fully saturated rings. The van der Waals surface area contributed by atoms with Crippen LogP contribution in [0.4, 0.5) is 4.39 Å². The lowest BCUT2D eigenvalue weighted by molar-refractivity contribution is -0.152. The van der Waals surface area contributed by atoms with Crippen LogP contribution in [0.2, 0.25) is 0 Å². The third-order valence-corrected chi connectivity index (χ3v) is 7.29. The molecular weight excluding hydrogens is 477 g/mol. The van der Waals surface area contributed by atoms with Crippen molar-refractivity contribution in [2.45, 2.75) is 51.7 Å². The summed E-state index contributed by atoms with van der Waals surface area (Å²) in [6.07, 6.45) is 7.59. The average Bonchev–Trinajstić information content (AvgIpc) is 3.29. The average molecular weight is 506 g/mol. The Labute approximate surface area is 213 Å². The van der Waals surface area contributed by atoms with E-state index >= 15 is 0 Å². The molecule has 5 rings (SSSR count). The summed E-state index contributed by atoms with van der Waals surface area (Å²) in [6, 6.07) is 12.3. The number of fused-ring (bicyclic) bond motifs is 1. The van der Waals surface area contributed by atoms with Crippen molar-refractivity contribution >= 4 is 27.5 Å². The lowest BCUT2D eigenvalue weighted by Gasteiger charge is -2.25. The molecule has 0 bridgehead atoms. The van der Waals surface area contributed by atoms with Crippen molar-refractivity contribution in [2.75, 3.05) is 6.54 Å². The molecule has 0 radical (unpaired) electrons. The van der Waals surface area contributed by atoms with E-state index in [1.807, 2.05) is 18.3 Å². The first kappa shape index (κ1) is 24.3. The van der Waals surface area contributed by atoms with Gasteiger partial charge >= 0.3 is 5.97 Å². The van der Waals surface area contributed by atoms with Gasteiger partial charge in [-0.25, -0.2) is 4.39 Å². The van der Waals surface area contributed by atoms with Gasteiger partial charge in [0.1, 0.15) is 11.9 Å². The molecule has 1 aliphatic rings. The summed E-state index contributed by atoms with van der Waals surface area (Å²) >= 11 is 1.51. The van der Waals surface area contributed by atoms with Gasteiger partial charge in [0.25, 0.3) is 0 Å². The van der Waals surface area contributed by atoms with Crippen LogP contribution in [-0.4, -0.2) is 28.6 Å². The zero-order valence-corrected chi connectivity index (χ0v) is 20.9. The molecule has 0 unspecified atom stereocenters. The molecule has 0 aliphatic heterocycles. The van der Waals surface area contributed by atoms with Gasteiger partial charge in [-0.05, 0) is 67.6 Å². The fourth-order valence-electron chi connectivity index (χ4n) is 3.94. The second-order valence-electron chi connectivity index (χ2n) is 8.95. The zero-order valence-electron chi connectivity index (χ0n) is 20.1. The third-order valence-electron chi connectivity index (χ3n) is 6.12. The van der Waals surface area contributed by atoms with Crippen LogP contribution in [0, 0.1) is 5.82 Å². The molecule has 0 saturated heterocycles. The lowest BCUT2D eigenvalue weighted by atomic mass is 9.96. The number of halogens is 1. The molecule has 4 aromatic rings. The van der Waals surface area contributed by atoms with Crippen LogP contribution in [0.3, 0.4) is 0 Å². The van der Waals surface area contributed by atoms with Gasteiger partial charge in [-0.15, -0.1) is 11.3 Å². The number of rotatable bonds is 10. The minimum atomic E-state index is -0.528. The number of nitrogens with zero attached hydrogens (tertiary/aromatic N) is 2. The molecule has 186 valence electrons.